The third kappa shape index (κ3) is 3.36. The average Bonchev–Trinajstić information content (AvgIpc) is 3.24. The van der Waals surface area contributed by atoms with Crippen LogP contribution in [0.1, 0.15) is 30.3 Å². The number of ether oxygens (including phenoxy) is 1. The van der Waals surface area contributed by atoms with E-state index in [4.69, 9.17) is 4.74 Å². The summed E-state index contributed by atoms with van der Waals surface area (Å²) in [5.41, 5.74) is 1.35. The van der Waals surface area contributed by atoms with Crippen LogP contribution in [0.5, 0.6) is 0 Å². The quantitative estimate of drug-likeness (QED) is 0.798. The molecule has 2 aromatic rings. The van der Waals surface area contributed by atoms with Gasteiger partial charge in [0.05, 0.1) is 17.4 Å². The number of hydrogen-bond acceptors (Lipinski definition) is 5. The minimum absolute atomic E-state index is 0.0817. The Balaban J connectivity index is 1.75. The Morgan fingerprint density at radius 2 is 2.29 bits per heavy atom. The second-order valence-electron chi connectivity index (χ2n) is 5.86. The number of esters is 1. The molecule has 0 radical (unpaired) electrons. The highest BCUT2D eigenvalue weighted by molar-refractivity contribution is 7.13. The number of likely N-dealkylation sites (tertiary alicyclic amines) is 1. The van der Waals surface area contributed by atoms with E-state index in [2.05, 4.69) is 5.10 Å². The molecule has 0 saturated carbocycles. The van der Waals surface area contributed by atoms with Gasteiger partial charge in [0.2, 0.25) is 0 Å². The van der Waals surface area contributed by atoms with Crippen LogP contribution in [0.25, 0.3) is 10.6 Å². The Kier molecular flexibility index (Phi) is 4.99. The number of carbonyl (C=O) groups excluding carboxylic acids is 2. The van der Waals surface area contributed by atoms with Crippen molar-refractivity contribution in [3.63, 3.8) is 0 Å². The molecule has 1 saturated heterocycles. The van der Waals surface area contributed by atoms with Crippen LogP contribution in [-0.4, -0.2) is 46.3 Å². The van der Waals surface area contributed by atoms with Gasteiger partial charge in [-0.3, -0.25) is 14.3 Å². The van der Waals surface area contributed by atoms with E-state index in [1.165, 1.54) is 0 Å². The van der Waals surface area contributed by atoms with Crippen molar-refractivity contribution in [2.75, 3.05) is 19.7 Å². The second kappa shape index (κ2) is 7.17. The first-order chi connectivity index (χ1) is 11.6. The molecule has 1 fully saturated rings. The first kappa shape index (κ1) is 16.7. The molecule has 2 aromatic heterocycles. The molecule has 0 spiro atoms. The minimum atomic E-state index is -0.229. The molecule has 1 aliphatic heterocycles. The molecule has 3 heterocycles. The lowest BCUT2D eigenvalue weighted by atomic mass is 9.98. The molecule has 0 aromatic carbocycles. The van der Waals surface area contributed by atoms with Crippen LogP contribution >= 0.6 is 11.3 Å². The summed E-state index contributed by atoms with van der Waals surface area (Å²) in [6, 6.07) is 5.77. The zero-order chi connectivity index (χ0) is 17.1. The van der Waals surface area contributed by atoms with Gasteiger partial charge in [0.25, 0.3) is 5.91 Å². The van der Waals surface area contributed by atoms with Crippen molar-refractivity contribution in [1.29, 1.82) is 0 Å². The third-order valence-corrected chi connectivity index (χ3v) is 5.09. The van der Waals surface area contributed by atoms with Crippen LogP contribution < -0.4 is 0 Å². The van der Waals surface area contributed by atoms with Crippen LogP contribution in [0.4, 0.5) is 0 Å². The Hall–Kier alpha value is -2.15. The zero-order valence-corrected chi connectivity index (χ0v) is 14.7. The Labute approximate surface area is 145 Å². The molecule has 0 aliphatic carbocycles. The molecule has 3 rings (SSSR count). The van der Waals surface area contributed by atoms with Gasteiger partial charge in [0.1, 0.15) is 11.4 Å². The van der Waals surface area contributed by atoms with Crippen LogP contribution in [0.2, 0.25) is 0 Å². The summed E-state index contributed by atoms with van der Waals surface area (Å²) >= 11 is 1.59. The molecule has 6 nitrogen and oxygen atoms in total. The summed E-state index contributed by atoms with van der Waals surface area (Å²) in [5, 5.41) is 6.43. The van der Waals surface area contributed by atoms with E-state index in [9.17, 15) is 9.59 Å². The maximum atomic E-state index is 12.8. The maximum absolute atomic E-state index is 12.8. The number of piperidine rings is 1. The Morgan fingerprint density at radius 1 is 1.46 bits per heavy atom. The van der Waals surface area contributed by atoms with Crippen molar-refractivity contribution in [3.8, 4) is 10.6 Å². The summed E-state index contributed by atoms with van der Waals surface area (Å²) in [5.74, 6) is -0.520. The van der Waals surface area contributed by atoms with E-state index in [0.29, 0.717) is 25.4 Å². The smallest absolute Gasteiger partial charge is 0.310 e. The summed E-state index contributed by atoms with van der Waals surface area (Å²) < 4.78 is 6.72. The maximum Gasteiger partial charge on any atom is 0.310 e. The molecular formula is C17H21N3O3S. The summed E-state index contributed by atoms with van der Waals surface area (Å²) in [6.07, 6.45) is 1.58. The number of thiophene rings is 1. The highest BCUT2D eigenvalue weighted by atomic mass is 32.1. The predicted molar refractivity (Wildman–Crippen MR) is 91.8 cm³/mol. The average molecular weight is 347 g/mol. The fraction of sp³-hybridized carbons (Fsp3) is 0.471. The van der Waals surface area contributed by atoms with Gasteiger partial charge in [-0.25, -0.2) is 0 Å². The molecule has 7 heteroatoms. The lowest BCUT2D eigenvalue weighted by Crippen LogP contribution is -2.43. The molecule has 0 bridgehead atoms. The fourth-order valence-corrected chi connectivity index (χ4v) is 3.67. The minimum Gasteiger partial charge on any atom is -0.466 e. The van der Waals surface area contributed by atoms with E-state index >= 15 is 0 Å². The largest absolute Gasteiger partial charge is 0.466 e. The fourth-order valence-electron chi connectivity index (χ4n) is 2.99. The summed E-state index contributed by atoms with van der Waals surface area (Å²) in [4.78, 5) is 27.6. The molecular weight excluding hydrogens is 326 g/mol. The first-order valence-corrected chi connectivity index (χ1v) is 9.02. The number of carbonyl (C=O) groups is 2. The van der Waals surface area contributed by atoms with Crippen molar-refractivity contribution in [1.82, 2.24) is 14.7 Å². The van der Waals surface area contributed by atoms with Crippen molar-refractivity contribution in [3.05, 3.63) is 29.3 Å². The van der Waals surface area contributed by atoms with Crippen LogP contribution in [0.3, 0.4) is 0 Å². The van der Waals surface area contributed by atoms with E-state index in [0.717, 1.165) is 23.4 Å². The van der Waals surface area contributed by atoms with Crippen LogP contribution in [0.15, 0.2) is 23.6 Å². The van der Waals surface area contributed by atoms with Gasteiger partial charge in [-0.1, -0.05) is 6.07 Å². The SMILES string of the molecule is CCOC(=O)[C@@H]1CCCN(C(=O)c2cc(-c3cccs3)nn2C)C1. The highest BCUT2D eigenvalue weighted by Gasteiger charge is 2.31. The van der Waals surface area contributed by atoms with Crippen LogP contribution in [0, 0.1) is 5.92 Å². The molecule has 1 aliphatic rings. The Bertz CT molecular complexity index is 724. The molecule has 1 atom stereocenters. The predicted octanol–water partition coefficient (Wildman–Crippen LogP) is 2.56. The molecule has 0 unspecified atom stereocenters. The highest BCUT2D eigenvalue weighted by Crippen LogP contribution is 2.25. The second-order valence-corrected chi connectivity index (χ2v) is 6.81. The topological polar surface area (TPSA) is 64.4 Å². The molecule has 0 N–H and O–H groups in total. The first-order valence-electron chi connectivity index (χ1n) is 8.14. The number of aromatic nitrogens is 2. The number of amides is 1. The van der Waals surface area contributed by atoms with Gasteiger partial charge in [-0.05, 0) is 37.3 Å². The van der Waals surface area contributed by atoms with Gasteiger partial charge < -0.3 is 9.64 Å². The summed E-state index contributed by atoms with van der Waals surface area (Å²) in [7, 11) is 1.77. The lowest BCUT2D eigenvalue weighted by molar-refractivity contribution is -0.149. The van der Waals surface area contributed by atoms with Crippen LogP contribution in [-0.2, 0) is 16.6 Å². The van der Waals surface area contributed by atoms with Gasteiger partial charge in [0, 0.05) is 20.1 Å². The molecule has 24 heavy (non-hydrogen) atoms. The third-order valence-electron chi connectivity index (χ3n) is 4.20. The van der Waals surface area contributed by atoms with E-state index in [1.807, 2.05) is 23.6 Å². The van der Waals surface area contributed by atoms with Gasteiger partial charge in [-0.2, -0.15) is 5.10 Å². The lowest BCUT2D eigenvalue weighted by Gasteiger charge is -2.31. The van der Waals surface area contributed by atoms with E-state index in [-0.39, 0.29) is 17.8 Å². The van der Waals surface area contributed by atoms with Crippen molar-refractivity contribution in [2.24, 2.45) is 13.0 Å². The van der Waals surface area contributed by atoms with Crippen molar-refractivity contribution in [2.45, 2.75) is 19.8 Å². The molecule has 128 valence electrons. The Morgan fingerprint density at radius 3 is 3.00 bits per heavy atom. The normalized spacial score (nSPS) is 17.8. The number of aryl methyl sites for hydroxylation is 1. The molecule has 1 amide bonds. The zero-order valence-electron chi connectivity index (χ0n) is 13.9. The van der Waals surface area contributed by atoms with Crippen molar-refractivity contribution >= 4 is 23.2 Å². The van der Waals surface area contributed by atoms with Gasteiger partial charge in [0.15, 0.2) is 0 Å². The van der Waals surface area contributed by atoms with Crippen molar-refractivity contribution < 1.29 is 14.3 Å². The van der Waals surface area contributed by atoms with Gasteiger partial charge in [-0.15, -0.1) is 11.3 Å². The number of hydrogen-bond donors (Lipinski definition) is 0. The van der Waals surface area contributed by atoms with E-state index < -0.39 is 0 Å². The standard InChI is InChI=1S/C17H21N3O3S/c1-3-23-17(22)12-6-4-8-20(11-12)16(21)14-10-13(18-19(14)2)15-7-5-9-24-15/h5,7,9-10,12H,3-4,6,8,11H2,1-2H3/t12-/m1/s1. The van der Waals surface area contributed by atoms with Gasteiger partial charge >= 0.3 is 5.97 Å². The number of rotatable bonds is 4. The summed E-state index contributed by atoms with van der Waals surface area (Å²) in [6.45, 7) is 3.24. The van der Waals surface area contributed by atoms with E-state index in [1.54, 1.807) is 34.9 Å². The monoisotopic (exact) mass is 347 g/mol. The number of nitrogens with zero attached hydrogens (tertiary/aromatic N) is 3.